The number of nitrogens with one attached hydrogen (secondary N) is 1. The quantitative estimate of drug-likeness (QED) is 0.826. The van der Waals surface area contributed by atoms with Crippen molar-refractivity contribution >= 4 is 21.8 Å². The Balaban J connectivity index is 2.06. The summed E-state index contributed by atoms with van der Waals surface area (Å²) < 4.78 is 28.2. The molecule has 2 rings (SSSR count). The van der Waals surface area contributed by atoms with Crippen molar-refractivity contribution in [3.63, 3.8) is 0 Å². The minimum atomic E-state index is -3.46. The zero-order chi connectivity index (χ0) is 16.2. The van der Waals surface area contributed by atoms with Gasteiger partial charge in [0, 0.05) is 38.3 Å². The number of hydrogen-bond donors (Lipinski definition) is 1. The molecule has 1 amide bonds. The van der Waals surface area contributed by atoms with E-state index in [2.05, 4.69) is 4.72 Å². The standard InChI is InChI=1S/C15H23N3O3S/c1-3-17(4-2)22(20,21)16-12-13-7-5-8-14(11-13)18-10-6-9-15(18)19/h5,7-8,11,16H,3-4,6,9-10,12H2,1-2H3. The van der Waals surface area contributed by atoms with Crippen molar-refractivity contribution in [2.75, 3.05) is 24.5 Å². The Bertz CT molecular complexity index is 627. The molecule has 122 valence electrons. The third-order valence-electron chi connectivity index (χ3n) is 3.80. The van der Waals surface area contributed by atoms with Gasteiger partial charge in [-0.25, -0.2) is 0 Å². The van der Waals surface area contributed by atoms with E-state index in [1.807, 2.05) is 38.1 Å². The van der Waals surface area contributed by atoms with E-state index in [9.17, 15) is 13.2 Å². The first-order valence-corrected chi connectivity index (χ1v) is 9.06. The van der Waals surface area contributed by atoms with Crippen LogP contribution in [0.15, 0.2) is 24.3 Å². The maximum atomic E-state index is 12.1. The molecule has 0 spiro atoms. The Morgan fingerprint density at radius 1 is 1.27 bits per heavy atom. The molecule has 6 nitrogen and oxygen atoms in total. The predicted octanol–water partition coefficient (Wildman–Crippen LogP) is 1.49. The van der Waals surface area contributed by atoms with E-state index in [1.54, 1.807) is 4.90 Å². The Morgan fingerprint density at radius 2 is 2.00 bits per heavy atom. The number of rotatable bonds is 7. The van der Waals surface area contributed by atoms with E-state index in [4.69, 9.17) is 0 Å². The molecule has 0 saturated carbocycles. The summed E-state index contributed by atoms with van der Waals surface area (Å²) in [5, 5.41) is 0. The number of benzene rings is 1. The third-order valence-corrected chi connectivity index (χ3v) is 5.51. The number of nitrogens with zero attached hydrogens (tertiary/aromatic N) is 2. The van der Waals surface area contributed by atoms with Crippen LogP contribution in [0.25, 0.3) is 0 Å². The van der Waals surface area contributed by atoms with Gasteiger partial charge in [0.05, 0.1) is 0 Å². The zero-order valence-electron chi connectivity index (χ0n) is 13.1. The van der Waals surface area contributed by atoms with Gasteiger partial charge in [-0.15, -0.1) is 0 Å². The molecule has 22 heavy (non-hydrogen) atoms. The molecule has 1 heterocycles. The van der Waals surface area contributed by atoms with Crippen LogP contribution < -0.4 is 9.62 Å². The van der Waals surface area contributed by atoms with Gasteiger partial charge in [-0.1, -0.05) is 26.0 Å². The first-order chi connectivity index (χ1) is 10.5. The average molecular weight is 325 g/mol. The lowest BCUT2D eigenvalue weighted by Gasteiger charge is -2.20. The molecule has 0 atom stereocenters. The molecule has 1 fully saturated rings. The van der Waals surface area contributed by atoms with E-state index in [0.717, 1.165) is 24.2 Å². The van der Waals surface area contributed by atoms with Crippen LogP contribution in [0.4, 0.5) is 5.69 Å². The lowest BCUT2D eigenvalue weighted by atomic mass is 10.2. The number of carbonyl (C=O) groups excluding carboxylic acids is 1. The highest BCUT2D eigenvalue weighted by molar-refractivity contribution is 7.87. The summed E-state index contributed by atoms with van der Waals surface area (Å²) in [7, 11) is -3.46. The van der Waals surface area contributed by atoms with Crippen molar-refractivity contribution < 1.29 is 13.2 Å². The van der Waals surface area contributed by atoms with Crippen molar-refractivity contribution in [2.24, 2.45) is 0 Å². The van der Waals surface area contributed by atoms with Crippen molar-refractivity contribution in [3.05, 3.63) is 29.8 Å². The molecule has 1 saturated heterocycles. The van der Waals surface area contributed by atoms with Gasteiger partial charge in [0.25, 0.3) is 10.2 Å². The molecule has 1 aliphatic rings. The maximum absolute atomic E-state index is 12.1. The van der Waals surface area contributed by atoms with Crippen molar-refractivity contribution in [1.29, 1.82) is 0 Å². The second kappa shape index (κ2) is 7.21. The predicted molar refractivity (Wildman–Crippen MR) is 86.7 cm³/mol. The van der Waals surface area contributed by atoms with Crippen LogP contribution in [-0.2, 0) is 21.5 Å². The van der Waals surface area contributed by atoms with Crippen LogP contribution in [0.2, 0.25) is 0 Å². The summed E-state index contributed by atoms with van der Waals surface area (Å²) >= 11 is 0. The average Bonchev–Trinajstić information content (AvgIpc) is 2.93. The maximum Gasteiger partial charge on any atom is 0.279 e. The van der Waals surface area contributed by atoms with Gasteiger partial charge in [-0.05, 0) is 24.1 Å². The lowest BCUT2D eigenvalue weighted by Crippen LogP contribution is -2.40. The van der Waals surface area contributed by atoms with Crippen molar-refractivity contribution in [3.8, 4) is 0 Å². The van der Waals surface area contributed by atoms with Gasteiger partial charge < -0.3 is 4.90 Å². The van der Waals surface area contributed by atoms with Crippen LogP contribution >= 0.6 is 0 Å². The summed E-state index contributed by atoms with van der Waals surface area (Å²) in [6.45, 7) is 5.44. The van der Waals surface area contributed by atoms with Crippen LogP contribution in [0.5, 0.6) is 0 Å². The lowest BCUT2D eigenvalue weighted by molar-refractivity contribution is -0.117. The van der Waals surface area contributed by atoms with E-state index < -0.39 is 10.2 Å². The minimum absolute atomic E-state index is 0.126. The molecule has 0 aromatic heterocycles. The molecule has 1 aromatic carbocycles. The second-order valence-electron chi connectivity index (χ2n) is 5.23. The van der Waals surface area contributed by atoms with Gasteiger partial charge in [-0.2, -0.15) is 17.4 Å². The summed E-state index contributed by atoms with van der Waals surface area (Å²) in [5.74, 6) is 0.126. The first-order valence-electron chi connectivity index (χ1n) is 7.62. The molecule has 1 N–H and O–H groups in total. The number of amides is 1. The van der Waals surface area contributed by atoms with E-state index in [0.29, 0.717) is 19.5 Å². The van der Waals surface area contributed by atoms with E-state index in [-0.39, 0.29) is 12.5 Å². The van der Waals surface area contributed by atoms with Crippen molar-refractivity contribution in [1.82, 2.24) is 9.03 Å². The van der Waals surface area contributed by atoms with Gasteiger partial charge >= 0.3 is 0 Å². The molecule has 0 radical (unpaired) electrons. The van der Waals surface area contributed by atoms with E-state index in [1.165, 1.54) is 4.31 Å². The van der Waals surface area contributed by atoms with Crippen LogP contribution in [0, 0.1) is 0 Å². The fourth-order valence-electron chi connectivity index (χ4n) is 2.58. The summed E-state index contributed by atoms with van der Waals surface area (Å²) in [6.07, 6.45) is 1.45. The topological polar surface area (TPSA) is 69.7 Å². The Morgan fingerprint density at radius 3 is 2.59 bits per heavy atom. The smallest absolute Gasteiger partial charge is 0.279 e. The van der Waals surface area contributed by atoms with Gasteiger partial charge in [0.2, 0.25) is 5.91 Å². The SMILES string of the molecule is CCN(CC)S(=O)(=O)NCc1cccc(N2CCCC2=O)c1. The van der Waals surface area contributed by atoms with Crippen LogP contribution in [0.1, 0.15) is 32.3 Å². The fourth-order valence-corrected chi connectivity index (χ4v) is 3.80. The number of hydrogen-bond acceptors (Lipinski definition) is 3. The van der Waals surface area contributed by atoms with Gasteiger partial charge in [0.15, 0.2) is 0 Å². The van der Waals surface area contributed by atoms with Crippen LogP contribution in [-0.4, -0.2) is 38.3 Å². The highest BCUT2D eigenvalue weighted by atomic mass is 32.2. The zero-order valence-corrected chi connectivity index (χ0v) is 13.9. The highest BCUT2D eigenvalue weighted by Gasteiger charge is 2.22. The monoisotopic (exact) mass is 325 g/mol. The van der Waals surface area contributed by atoms with E-state index >= 15 is 0 Å². The number of carbonyl (C=O) groups is 1. The molecular formula is C15H23N3O3S. The molecule has 0 bridgehead atoms. The molecular weight excluding hydrogens is 302 g/mol. The molecule has 7 heteroatoms. The molecule has 0 aliphatic carbocycles. The Kier molecular flexibility index (Phi) is 5.55. The normalized spacial score (nSPS) is 15.8. The first kappa shape index (κ1) is 16.9. The van der Waals surface area contributed by atoms with Crippen molar-refractivity contribution in [2.45, 2.75) is 33.2 Å². The Hall–Kier alpha value is -1.44. The highest BCUT2D eigenvalue weighted by Crippen LogP contribution is 2.22. The van der Waals surface area contributed by atoms with Crippen LogP contribution in [0.3, 0.4) is 0 Å². The molecule has 0 unspecified atom stereocenters. The molecule has 1 aromatic rings. The second-order valence-corrected chi connectivity index (χ2v) is 6.98. The largest absolute Gasteiger partial charge is 0.312 e. The minimum Gasteiger partial charge on any atom is -0.312 e. The summed E-state index contributed by atoms with van der Waals surface area (Å²) in [5.41, 5.74) is 1.68. The third kappa shape index (κ3) is 3.85. The fraction of sp³-hybridized carbons (Fsp3) is 0.533. The van der Waals surface area contributed by atoms with Gasteiger partial charge in [0.1, 0.15) is 0 Å². The number of anilines is 1. The summed E-state index contributed by atoms with van der Waals surface area (Å²) in [4.78, 5) is 13.5. The molecule has 1 aliphatic heterocycles. The van der Waals surface area contributed by atoms with Gasteiger partial charge in [-0.3, -0.25) is 4.79 Å². The Labute approximate surface area is 132 Å². The summed E-state index contributed by atoms with van der Waals surface area (Å²) in [6, 6.07) is 7.45.